The lowest BCUT2D eigenvalue weighted by molar-refractivity contribution is -0.118. The summed E-state index contributed by atoms with van der Waals surface area (Å²) >= 11 is 12.2. The van der Waals surface area contributed by atoms with E-state index in [2.05, 4.69) is 5.32 Å². The minimum Gasteiger partial charge on any atom is -0.352 e. The second-order valence-corrected chi connectivity index (χ2v) is 7.00. The second-order valence-electron chi connectivity index (χ2n) is 6.21. The van der Waals surface area contributed by atoms with Crippen LogP contribution in [0.15, 0.2) is 36.4 Å². The molecule has 1 N–H and O–H groups in total. The van der Waals surface area contributed by atoms with E-state index in [0.29, 0.717) is 41.5 Å². The highest BCUT2D eigenvalue weighted by Crippen LogP contribution is 2.29. The Bertz CT molecular complexity index is 852. The van der Waals surface area contributed by atoms with Gasteiger partial charge in [0.25, 0.3) is 5.91 Å². The molecule has 0 bridgehead atoms. The van der Waals surface area contributed by atoms with Crippen molar-refractivity contribution < 1.29 is 9.59 Å². The van der Waals surface area contributed by atoms with Crippen LogP contribution in [0.1, 0.15) is 34.8 Å². The van der Waals surface area contributed by atoms with Crippen molar-refractivity contribution in [3.63, 3.8) is 0 Å². The highest BCUT2D eigenvalue weighted by molar-refractivity contribution is 6.42. The van der Waals surface area contributed by atoms with Gasteiger partial charge in [0.1, 0.15) is 0 Å². The summed E-state index contributed by atoms with van der Waals surface area (Å²) in [7, 11) is 0. The van der Waals surface area contributed by atoms with Crippen LogP contribution >= 0.6 is 23.2 Å². The van der Waals surface area contributed by atoms with Crippen LogP contribution in [0.25, 0.3) is 0 Å². The fourth-order valence-electron chi connectivity index (χ4n) is 3.15. The number of nitrogens with one attached hydrogen (secondary N) is 1. The molecule has 2 aromatic carbocycles. The molecule has 0 saturated heterocycles. The van der Waals surface area contributed by atoms with Crippen LogP contribution in [0.5, 0.6) is 0 Å². The molecule has 1 aliphatic heterocycles. The first-order valence-electron chi connectivity index (χ1n) is 8.65. The van der Waals surface area contributed by atoms with Gasteiger partial charge < -0.3 is 10.2 Å². The number of amides is 2. The molecule has 0 aliphatic carbocycles. The summed E-state index contributed by atoms with van der Waals surface area (Å²) in [6, 6.07) is 11.0. The number of carbonyl (C=O) groups excluding carboxylic acids is 2. The minimum absolute atomic E-state index is 0.111. The van der Waals surface area contributed by atoms with E-state index in [9.17, 15) is 9.59 Å². The third-order valence-corrected chi connectivity index (χ3v) is 5.41. The van der Waals surface area contributed by atoms with Crippen LogP contribution in [-0.4, -0.2) is 24.9 Å². The second kappa shape index (κ2) is 8.11. The zero-order valence-electron chi connectivity index (χ0n) is 14.5. The van der Waals surface area contributed by atoms with E-state index in [1.165, 1.54) is 0 Å². The molecule has 4 nitrogen and oxygen atoms in total. The van der Waals surface area contributed by atoms with Crippen LogP contribution < -0.4 is 10.2 Å². The fraction of sp³-hybridized carbons (Fsp3) is 0.300. The smallest absolute Gasteiger partial charge is 0.251 e. The van der Waals surface area contributed by atoms with Gasteiger partial charge in [-0.15, -0.1) is 0 Å². The predicted molar refractivity (Wildman–Crippen MR) is 105 cm³/mol. The molecule has 6 heteroatoms. The van der Waals surface area contributed by atoms with Gasteiger partial charge in [-0.2, -0.15) is 0 Å². The number of hydrogen-bond acceptors (Lipinski definition) is 2. The molecule has 1 heterocycles. The Morgan fingerprint density at radius 1 is 1.19 bits per heavy atom. The lowest BCUT2D eigenvalue weighted by atomic mass is 10.1. The Morgan fingerprint density at radius 2 is 2.00 bits per heavy atom. The predicted octanol–water partition coefficient (Wildman–Crippen LogP) is 4.27. The lowest BCUT2D eigenvalue weighted by Crippen LogP contribution is -2.28. The number of nitrogens with zero attached hydrogens (tertiary/aromatic N) is 1. The molecule has 1 aliphatic rings. The van der Waals surface area contributed by atoms with Crippen LogP contribution in [0.2, 0.25) is 10.0 Å². The van der Waals surface area contributed by atoms with Crippen LogP contribution in [0.3, 0.4) is 0 Å². The Kier molecular flexibility index (Phi) is 5.84. The Balaban J connectivity index is 1.62. The van der Waals surface area contributed by atoms with Gasteiger partial charge in [-0.25, -0.2) is 0 Å². The summed E-state index contributed by atoms with van der Waals surface area (Å²) in [6.45, 7) is 3.01. The fourth-order valence-corrected chi connectivity index (χ4v) is 3.56. The number of hydrogen-bond donors (Lipinski definition) is 1. The molecule has 0 unspecified atom stereocenters. The van der Waals surface area contributed by atoms with Crippen molar-refractivity contribution in [2.75, 3.05) is 18.0 Å². The molecule has 136 valence electrons. The van der Waals surface area contributed by atoms with Crippen LogP contribution in [0.4, 0.5) is 5.69 Å². The van der Waals surface area contributed by atoms with E-state index in [0.717, 1.165) is 23.2 Å². The third kappa shape index (κ3) is 3.87. The average molecular weight is 391 g/mol. The van der Waals surface area contributed by atoms with E-state index in [4.69, 9.17) is 23.2 Å². The molecular weight excluding hydrogens is 371 g/mol. The van der Waals surface area contributed by atoms with Crippen molar-refractivity contribution in [1.82, 2.24) is 5.32 Å². The average Bonchev–Trinajstić information content (AvgIpc) is 3.07. The minimum atomic E-state index is -0.133. The first kappa shape index (κ1) is 18.7. The van der Waals surface area contributed by atoms with Crippen LogP contribution in [-0.2, 0) is 17.6 Å². The molecule has 0 aromatic heterocycles. The van der Waals surface area contributed by atoms with Gasteiger partial charge in [-0.3, -0.25) is 9.59 Å². The molecule has 26 heavy (non-hydrogen) atoms. The van der Waals surface area contributed by atoms with Gasteiger partial charge >= 0.3 is 0 Å². The van der Waals surface area contributed by atoms with E-state index in [1.807, 2.05) is 31.2 Å². The monoisotopic (exact) mass is 390 g/mol. The van der Waals surface area contributed by atoms with Crippen molar-refractivity contribution in [2.24, 2.45) is 0 Å². The Labute approximate surface area is 163 Å². The highest BCUT2D eigenvalue weighted by Gasteiger charge is 2.24. The quantitative estimate of drug-likeness (QED) is 0.828. The number of halogens is 2. The molecule has 0 atom stereocenters. The SMILES string of the molecule is CCC(=O)N1CCc2cc(C(=O)NCCc3cccc(Cl)c3Cl)ccc21. The molecule has 2 amide bonds. The molecule has 0 fully saturated rings. The molecule has 0 radical (unpaired) electrons. The first-order valence-corrected chi connectivity index (χ1v) is 9.41. The van der Waals surface area contributed by atoms with Crippen molar-refractivity contribution in [3.8, 4) is 0 Å². The zero-order chi connectivity index (χ0) is 18.7. The number of anilines is 1. The molecular formula is C20H20Cl2N2O2. The van der Waals surface area contributed by atoms with Crippen LogP contribution in [0, 0.1) is 0 Å². The van der Waals surface area contributed by atoms with Gasteiger partial charge in [-0.1, -0.05) is 42.3 Å². The number of rotatable bonds is 5. The number of benzene rings is 2. The van der Waals surface area contributed by atoms with Crippen molar-refractivity contribution in [2.45, 2.75) is 26.2 Å². The van der Waals surface area contributed by atoms with Crippen molar-refractivity contribution in [1.29, 1.82) is 0 Å². The maximum absolute atomic E-state index is 12.4. The normalized spacial score (nSPS) is 12.8. The number of carbonyl (C=O) groups is 2. The summed E-state index contributed by atoms with van der Waals surface area (Å²) in [4.78, 5) is 26.1. The zero-order valence-corrected chi connectivity index (χ0v) is 16.0. The van der Waals surface area contributed by atoms with Gasteiger partial charge in [0.15, 0.2) is 0 Å². The number of fused-ring (bicyclic) bond motifs is 1. The first-order chi connectivity index (χ1) is 12.5. The van der Waals surface area contributed by atoms with Gasteiger partial charge in [0.2, 0.25) is 5.91 Å². The van der Waals surface area contributed by atoms with E-state index >= 15 is 0 Å². The van der Waals surface area contributed by atoms with Crippen molar-refractivity contribution in [3.05, 3.63) is 63.1 Å². The summed E-state index contributed by atoms with van der Waals surface area (Å²) in [5.41, 5.74) is 3.46. The maximum atomic E-state index is 12.4. The Morgan fingerprint density at radius 3 is 2.77 bits per heavy atom. The summed E-state index contributed by atoms with van der Waals surface area (Å²) in [5.74, 6) is -0.0226. The van der Waals surface area contributed by atoms with Crippen molar-refractivity contribution >= 4 is 40.7 Å². The lowest BCUT2D eigenvalue weighted by Gasteiger charge is -2.16. The van der Waals surface area contributed by atoms with Gasteiger partial charge in [0, 0.05) is 30.8 Å². The van der Waals surface area contributed by atoms with Gasteiger partial charge in [-0.05, 0) is 48.2 Å². The molecule has 3 rings (SSSR count). The summed E-state index contributed by atoms with van der Waals surface area (Å²) in [5, 5.41) is 3.95. The molecule has 0 saturated carbocycles. The van der Waals surface area contributed by atoms with E-state index in [1.54, 1.807) is 17.0 Å². The largest absolute Gasteiger partial charge is 0.352 e. The third-order valence-electron chi connectivity index (χ3n) is 4.55. The standard InChI is InChI=1S/C20H20Cl2N2O2/c1-2-18(25)24-11-9-14-12-15(6-7-17(14)24)20(26)23-10-8-13-4-3-5-16(21)19(13)22/h3-7,12H,2,8-11H2,1H3,(H,23,26). The summed E-state index contributed by atoms with van der Waals surface area (Å²) < 4.78 is 0. The maximum Gasteiger partial charge on any atom is 0.251 e. The molecule has 0 spiro atoms. The topological polar surface area (TPSA) is 49.4 Å². The Hall–Kier alpha value is -2.04. The van der Waals surface area contributed by atoms with Gasteiger partial charge in [0.05, 0.1) is 10.0 Å². The van der Waals surface area contributed by atoms with E-state index < -0.39 is 0 Å². The molecule has 2 aromatic rings. The van der Waals surface area contributed by atoms with E-state index in [-0.39, 0.29) is 11.8 Å². The highest BCUT2D eigenvalue weighted by atomic mass is 35.5. The summed E-state index contributed by atoms with van der Waals surface area (Å²) in [6.07, 6.45) is 1.86.